The lowest BCUT2D eigenvalue weighted by atomic mass is 10.1. The van der Waals surface area contributed by atoms with Crippen molar-refractivity contribution in [1.82, 2.24) is 20.1 Å². The van der Waals surface area contributed by atoms with Crippen LogP contribution in [-0.4, -0.2) is 40.8 Å². The SMILES string of the molecule is COC[C@@H](c1ccccn1)N(C)Cc1nnc(-c2ccco2)o1. The summed E-state index contributed by atoms with van der Waals surface area (Å²) in [7, 11) is 3.64. The lowest BCUT2D eigenvalue weighted by molar-refractivity contribution is 0.0948. The van der Waals surface area contributed by atoms with Crippen molar-refractivity contribution < 1.29 is 13.6 Å². The van der Waals surface area contributed by atoms with E-state index >= 15 is 0 Å². The number of ether oxygens (including phenoxy) is 1. The summed E-state index contributed by atoms with van der Waals surface area (Å²) in [6, 6.07) is 9.38. The van der Waals surface area contributed by atoms with Crippen molar-refractivity contribution in [2.24, 2.45) is 0 Å². The van der Waals surface area contributed by atoms with E-state index in [2.05, 4.69) is 20.1 Å². The minimum Gasteiger partial charge on any atom is -0.459 e. The molecule has 0 aromatic carbocycles. The van der Waals surface area contributed by atoms with Crippen LogP contribution >= 0.6 is 0 Å². The highest BCUT2D eigenvalue weighted by molar-refractivity contribution is 5.42. The molecule has 7 nitrogen and oxygen atoms in total. The molecule has 1 atom stereocenters. The van der Waals surface area contributed by atoms with Gasteiger partial charge >= 0.3 is 0 Å². The van der Waals surface area contributed by atoms with Crippen LogP contribution in [0.25, 0.3) is 11.7 Å². The fourth-order valence-electron chi connectivity index (χ4n) is 2.31. The molecule has 0 aliphatic rings. The molecule has 3 aromatic rings. The number of rotatable bonds is 7. The van der Waals surface area contributed by atoms with E-state index in [0.717, 1.165) is 5.69 Å². The molecule has 7 heteroatoms. The zero-order chi connectivity index (χ0) is 16.1. The van der Waals surface area contributed by atoms with Gasteiger partial charge in [0.15, 0.2) is 5.76 Å². The minimum atomic E-state index is 0.000151. The second kappa shape index (κ2) is 7.17. The molecular formula is C16H18N4O3. The van der Waals surface area contributed by atoms with Gasteiger partial charge in [-0.25, -0.2) is 0 Å². The van der Waals surface area contributed by atoms with E-state index in [1.165, 1.54) is 0 Å². The molecule has 0 N–H and O–H groups in total. The maximum atomic E-state index is 5.64. The number of furan rings is 1. The third-order valence-corrected chi connectivity index (χ3v) is 3.47. The first-order valence-electron chi connectivity index (χ1n) is 7.24. The largest absolute Gasteiger partial charge is 0.459 e. The predicted molar refractivity (Wildman–Crippen MR) is 82.3 cm³/mol. The molecular weight excluding hydrogens is 296 g/mol. The van der Waals surface area contributed by atoms with E-state index in [1.54, 1.807) is 31.7 Å². The maximum absolute atomic E-state index is 5.64. The van der Waals surface area contributed by atoms with Crippen LogP contribution < -0.4 is 0 Å². The third-order valence-electron chi connectivity index (χ3n) is 3.47. The van der Waals surface area contributed by atoms with Crippen molar-refractivity contribution in [3.05, 3.63) is 54.4 Å². The summed E-state index contributed by atoms with van der Waals surface area (Å²) in [5.74, 6) is 1.44. The second-order valence-electron chi connectivity index (χ2n) is 5.12. The van der Waals surface area contributed by atoms with E-state index in [-0.39, 0.29) is 6.04 Å². The zero-order valence-corrected chi connectivity index (χ0v) is 13.0. The topological polar surface area (TPSA) is 77.4 Å². The number of hydrogen-bond donors (Lipinski definition) is 0. The predicted octanol–water partition coefficient (Wildman–Crippen LogP) is 2.54. The van der Waals surface area contributed by atoms with Crippen LogP contribution in [0.3, 0.4) is 0 Å². The van der Waals surface area contributed by atoms with Gasteiger partial charge in [-0.05, 0) is 31.3 Å². The van der Waals surface area contributed by atoms with Gasteiger partial charge in [0, 0.05) is 13.3 Å². The summed E-state index contributed by atoms with van der Waals surface area (Å²) < 4.78 is 16.2. The Balaban J connectivity index is 1.73. The molecule has 0 saturated carbocycles. The first kappa shape index (κ1) is 15.4. The maximum Gasteiger partial charge on any atom is 0.283 e. The van der Waals surface area contributed by atoms with Gasteiger partial charge in [0.25, 0.3) is 5.89 Å². The van der Waals surface area contributed by atoms with Crippen LogP contribution in [0.4, 0.5) is 0 Å². The highest BCUT2D eigenvalue weighted by atomic mass is 16.5. The van der Waals surface area contributed by atoms with Crippen LogP contribution in [0.15, 0.2) is 51.6 Å². The Morgan fingerprint density at radius 2 is 2.13 bits per heavy atom. The smallest absolute Gasteiger partial charge is 0.283 e. The average Bonchev–Trinajstić information content (AvgIpc) is 3.24. The van der Waals surface area contributed by atoms with Crippen molar-refractivity contribution in [3.8, 4) is 11.7 Å². The molecule has 0 radical (unpaired) electrons. The molecule has 3 aromatic heterocycles. The van der Waals surface area contributed by atoms with Crippen molar-refractivity contribution >= 4 is 0 Å². The molecule has 0 bridgehead atoms. The number of methoxy groups -OCH3 is 1. The molecule has 0 fully saturated rings. The Morgan fingerprint density at radius 3 is 2.83 bits per heavy atom. The van der Waals surface area contributed by atoms with Crippen LogP contribution in [0.1, 0.15) is 17.6 Å². The molecule has 3 heterocycles. The van der Waals surface area contributed by atoms with Gasteiger partial charge in [0.1, 0.15) is 0 Å². The summed E-state index contributed by atoms with van der Waals surface area (Å²) >= 11 is 0. The van der Waals surface area contributed by atoms with Gasteiger partial charge in [-0.2, -0.15) is 0 Å². The van der Waals surface area contributed by atoms with Gasteiger partial charge in [-0.1, -0.05) is 6.07 Å². The molecule has 3 rings (SSSR count). The van der Waals surface area contributed by atoms with Crippen LogP contribution in [-0.2, 0) is 11.3 Å². The highest BCUT2D eigenvalue weighted by Crippen LogP contribution is 2.22. The normalized spacial score (nSPS) is 12.7. The summed E-state index contributed by atoms with van der Waals surface area (Å²) in [4.78, 5) is 6.46. The van der Waals surface area contributed by atoms with Crippen LogP contribution in [0, 0.1) is 0 Å². The summed E-state index contributed by atoms with van der Waals surface area (Å²) in [5, 5.41) is 8.07. The molecule has 0 unspecified atom stereocenters. The number of likely N-dealkylation sites (N-methyl/N-ethyl adjacent to an activating group) is 1. The standard InChI is InChI=1S/C16H18N4O3/c1-20(13(11-21-2)12-6-3-4-8-17-12)10-15-18-19-16(23-15)14-7-5-9-22-14/h3-9,13H,10-11H2,1-2H3/t13-/m0/s1. The van der Waals surface area contributed by atoms with Gasteiger partial charge < -0.3 is 13.6 Å². The Bertz CT molecular complexity index is 712. The summed E-state index contributed by atoms with van der Waals surface area (Å²) in [5.41, 5.74) is 0.933. The van der Waals surface area contributed by atoms with E-state index in [0.29, 0.717) is 30.7 Å². The number of aromatic nitrogens is 3. The number of nitrogens with zero attached hydrogens (tertiary/aromatic N) is 4. The van der Waals surface area contributed by atoms with Crippen LogP contribution in [0.2, 0.25) is 0 Å². The van der Waals surface area contributed by atoms with E-state index < -0.39 is 0 Å². The molecule has 0 amide bonds. The summed E-state index contributed by atoms with van der Waals surface area (Å²) in [6.07, 6.45) is 3.34. The van der Waals surface area contributed by atoms with Gasteiger partial charge in [-0.3, -0.25) is 9.88 Å². The number of pyridine rings is 1. The first-order chi connectivity index (χ1) is 11.3. The van der Waals surface area contributed by atoms with E-state index in [1.807, 2.05) is 25.2 Å². The van der Waals surface area contributed by atoms with Crippen molar-refractivity contribution in [1.29, 1.82) is 0 Å². The Morgan fingerprint density at radius 1 is 1.22 bits per heavy atom. The second-order valence-corrected chi connectivity index (χ2v) is 5.12. The van der Waals surface area contributed by atoms with Crippen molar-refractivity contribution in [3.63, 3.8) is 0 Å². The molecule has 0 aliphatic carbocycles. The molecule has 23 heavy (non-hydrogen) atoms. The van der Waals surface area contributed by atoms with Gasteiger partial charge in [0.05, 0.1) is 31.2 Å². The average molecular weight is 314 g/mol. The fraction of sp³-hybridized carbons (Fsp3) is 0.312. The lowest BCUT2D eigenvalue weighted by Crippen LogP contribution is -2.28. The number of hydrogen-bond acceptors (Lipinski definition) is 7. The quantitative estimate of drug-likeness (QED) is 0.663. The molecule has 0 aliphatic heterocycles. The Labute approximate surface area is 133 Å². The zero-order valence-electron chi connectivity index (χ0n) is 13.0. The highest BCUT2D eigenvalue weighted by Gasteiger charge is 2.21. The Hall–Kier alpha value is -2.51. The third kappa shape index (κ3) is 3.64. The van der Waals surface area contributed by atoms with E-state index in [4.69, 9.17) is 13.6 Å². The van der Waals surface area contributed by atoms with Crippen LogP contribution in [0.5, 0.6) is 0 Å². The lowest BCUT2D eigenvalue weighted by Gasteiger charge is -2.25. The monoisotopic (exact) mass is 314 g/mol. The molecule has 0 saturated heterocycles. The molecule has 0 spiro atoms. The van der Waals surface area contributed by atoms with E-state index in [9.17, 15) is 0 Å². The van der Waals surface area contributed by atoms with Crippen molar-refractivity contribution in [2.45, 2.75) is 12.6 Å². The Kier molecular flexibility index (Phi) is 4.80. The van der Waals surface area contributed by atoms with Gasteiger partial charge in [-0.15, -0.1) is 10.2 Å². The first-order valence-corrected chi connectivity index (χ1v) is 7.24. The summed E-state index contributed by atoms with van der Waals surface area (Å²) in [6.45, 7) is 1.00. The van der Waals surface area contributed by atoms with Crippen molar-refractivity contribution in [2.75, 3.05) is 20.8 Å². The minimum absolute atomic E-state index is 0.000151. The van der Waals surface area contributed by atoms with Gasteiger partial charge in [0.2, 0.25) is 5.89 Å². The fourth-order valence-corrected chi connectivity index (χ4v) is 2.31. The molecule has 120 valence electrons.